The summed E-state index contributed by atoms with van der Waals surface area (Å²) in [5.41, 5.74) is 0. The molecule has 2 N–H and O–H groups in total. The maximum absolute atomic E-state index is 11.8. The number of aromatic amines is 1. The maximum Gasteiger partial charge on any atom is 0.221 e. The molecule has 1 aromatic heterocycles. The summed E-state index contributed by atoms with van der Waals surface area (Å²) >= 11 is 12.4. The number of H-pyrrole nitrogens is 1. The average molecular weight is 343 g/mol. The molecule has 5 nitrogen and oxygen atoms in total. The van der Waals surface area contributed by atoms with Gasteiger partial charge in [-0.25, -0.2) is 0 Å². The molecule has 1 heterocycles. The first-order valence-corrected chi connectivity index (χ1v) is 8.09. The van der Waals surface area contributed by atoms with Crippen molar-refractivity contribution < 1.29 is 4.79 Å². The quantitative estimate of drug-likeness (QED) is 0.626. The Kier molecular flexibility index (Phi) is 5.84. The summed E-state index contributed by atoms with van der Waals surface area (Å²) in [4.78, 5) is 12.9. The highest BCUT2D eigenvalue weighted by Crippen LogP contribution is 2.20. The second kappa shape index (κ2) is 7.63. The van der Waals surface area contributed by atoms with Crippen LogP contribution < -0.4 is 5.32 Å². The molecule has 2 aromatic rings. The molecule has 2 rings (SSSR count). The van der Waals surface area contributed by atoms with Crippen LogP contribution in [0.3, 0.4) is 0 Å². The summed E-state index contributed by atoms with van der Waals surface area (Å²) in [5.74, 6) is 1.41. The molecule has 0 fully saturated rings. The number of thioether (sulfide) groups is 1. The zero-order chi connectivity index (χ0) is 15.2. The van der Waals surface area contributed by atoms with Crippen LogP contribution in [-0.2, 0) is 18.4 Å². The molecule has 0 radical (unpaired) electrons. The van der Waals surface area contributed by atoms with Crippen molar-refractivity contribution in [1.82, 2.24) is 20.1 Å². The number of nitrogens with zero attached hydrogens (tertiary/aromatic N) is 2. The fraction of sp³-hybridized carbons (Fsp3) is 0.308. The second-order valence-corrected chi connectivity index (χ2v) is 6.32. The third-order valence-corrected chi connectivity index (χ3v) is 4.46. The predicted octanol–water partition coefficient (Wildman–Crippen LogP) is 2.93. The highest BCUT2D eigenvalue weighted by atomic mass is 35.5. The molecule has 0 aliphatic rings. The second-order valence-electron chi connectivity index (χ2n) is 4.33. The highest BCUT2D eigenvalue weighted by molar-refractivity contribution is 7.99. The van der Waals surface area contributed by atoms with E-state index >= 15 is 0 Å². The van der Waals surface area contributed by atoms with Crippen molar-refractivity contribution in [2.24, 2.45) is 7.05 Å². The molecule has 112 valence electrons. The topological polar surface area (TPSA) is 62.7 Å². The number of amides is 1. The largest absolute Gasteiger partial charge is 0.349 e. The molecule has 0 bridgehead atoms. The van der Waals surface area contributed by atoms with Crippen LogP contribution in [0.4, 0.5) is 0 Å². The van der Waals surface area contributed by atoms with E-state index in [1.807, 2.05) is 31.3 Å². The summed E-state index contributed by atoms with van der Waals surface area (Å²) in [5, 5.41) is 10.3. The van der Waals surface area contributed by atoms with Crippen LogP contribution >= 0.6 is 35.6 Å². The minimum absolute atomic E-state index is 0.00891. The molecular formula is C13H15ClN4OS2. The van der Waals surface area contributed by atoms with Crippen molar-refractivity contribution in [3.05, 3.63) is 39.9 Å². The molecule has 0 aliphatic carbocycles. The number of nitrogens with one attached hydrogen (secondary N) is 2. The Morgan fingerprint density at radius 1 is 1.48 bits per heavy atom. The lowest BCUT2D eigenvalue weighted by Crippen LogP contribution is -2.24. The number of aromatic nitrogens is 3. The van der Waals surface area contributed by atoms with Crippen LogP contribution in [0.5, 0.6) is 0 Å². The molecule has 1 aromatic carbocycles. The van der Waals surface area contributed by atoms with Crippen LogP contribution in [0.2, 0.25) is 5.02 Å². The number of halogens is 1. The van der Waals surface area contributed by atoms with Gasteiger partial charge in [-0.2, -0.15) is 5.10 Å². The molecular weight excluding hydrogens is 328 g/mol. The minimum Gasteiger partial charge on any atom is -0.349 e. The van der Waals surface area contributed by atoms with E-state index in [0.29, 0.717) is 34.3 Å². The predicted molar refractivity (Wildman–Crippen MR) is 87.0 cm³/mol. The number of carbonyl (C=O) groups excluding carboxylic acids is 1. The van der Waals surface area contributed by atoms with Gasteiger partial charge >= 0.3 is 0 Å². The van der Waals surface area contributed by atoms with E-state index in [2.05, 4.69) is 15.5 Å². The average Bonchev–Trinajstić information content (AvgIpc) is 2.79. The number of benzene rings is 1. The Labute approximate surface area is 137 Å². The molecule has 0 saturated carbocycles. The van der Waals surface area contributed by atoms with Crippen molar-refractivity contribution >= 4 is 41.5 Å². The SMILES string of the molecule is Cn1c(CNC(=O)CCSc2ccc(Cl)cc2)n[nH]c1=S. The summed E-state index contributed by atoms with van der Waals surface area (Å²) in [6.45, 7) is 0.369. The molecule has 0 saturated heterocycles. The van der Waals surface area contributed by atoms with Gasteiger partial charge in [0.15, 0.2) is 10.6 Å². The molecule has 0 unspecified atom stereocenters. The lowest BCUT2D eigenvalue weighted by atomic mass is 10.4. The van der Waals surface area contributed by atoms with Gasteiger partial charge in [-0.05, 0) is 36.5 Å². The van der Waals surface area contributed by atoms with Crippen LogP contribution in [0, 0.1) is 4.77 Å². The van der Waals surface area contributed by atoms with Crippen LogP contribution in [0.15, 0.2) is 29.2 Å². The third kappa shape index (κ3) is 4.87. The Morgan fingerprint density at radius 3 is 2.81 bits per heavy atom. The van der Waals surface area contributed by atoms with Gasteiger partial charge < -0.3 is 9.88 Å². The van der Waals surface area contributed by atoms with E-state index in [1.54, 1.807) is 16.3 Å². The zero-order valence-electron chi connectivity index (χ0n) is 11.4. The molecule has 1 amide bonds. The van der Waals surface area contributed by atoms with Crippen LogP contribution in [-0.4, -0.2) is 26.4 Å². The fourth-order valence-electron chi connectivity index (χ4n) is 1.60. The summed E-state index contributed by atoms with van der Waals surface area (Å²) < 4.78 is 2.27. The Balaban J connectivity index is 1.71. The van der Waals surface area contributed by atoms with E-state index < -0.39 is 0 Å². The highest BCUT2D eigenvalue weighted by Gasteiger charge is 2.06. The Hall–Kier alpha value is -1.31. The van der Waals surface area contributed by atoms with Crippen molar-refractivity contribution in [3.8, 4) is 0 Å². The van der Waals surface area contributed by atoms with Gasteiger partial charge in [-0.1, -0.05) is 11.6 Å². The monoisotopic (exact) mass is 342 g/mol. The number of hydrogen-bond donors (Lipinski definition) is 2. The van der Waals surface area contributed by atoms with Gasteiger partial charge in [-0.15, -0.1) is 11.8 Å². The number of rotatable bonds is 6. The van der Waals surface area contributed by atoms with E-state index in [9.17, 15) is 4.79 Å². The first-order valence-electron chi connectivity index (χ1n) is 6.31. The van der Waals surface area contributed by atoms with Crippen LogP contribution in [0.1, 0.15) is 12.2 Å². The molecule has 0 atom stereocenters. The standard InChI is InChI=1S/C13H15ClN4OS2/c1-18-11(16-17-13(18)20)8-15-12(19)6-7-21-10-4-2-9(14)3-5-10/h2-5H,6-8H2,1H3,(H,15,19)(H,17,20). The van der Waals surface area contributed by atoms with Gasteiger partial charge in [0.2, 0.25) is 5.91 Å². The Morgan fingerprint density at radius 2 is 2.19 bits per heavy atom. The maximum atomic E-state index is 11.8. The first-order chi connectivity index (χ1) is 10.1. The lowest BCUT2D eigenvalue weighted by molar-refractivity contribution is -0.120. The van der Waals surface area contributed by atoms with Gasteiger partial charge in [0.1, 0.15) is 0 Å². The molecule has 8 heteroatoms. The van der Waals surface area contributed by atoms with E-state index in [-0.39, 0.29) is 5.91 Å². The van der Waals surface area contributed by atoms with Crippen molar-refractivity contribution in [3.63, 3.8) is 0 Å². The summed E-state index contributed by atoms with van der Waals surface area (Å²) in [6, 6.07) is 7.57. The number of hydrogen-bond acceptors (Lipinski definition) is 4. The zero-order valence-corrected chi connectivity index (χ0v) is 13.8. The Bertz CT molecular complexity index is 666. The van der Waals surface area contributed by atoms with Crippen LogP contribution in [0.25, 0.3) is 0 Å². The van der Waals surface area contributed by atoms with Gasteiger partial charge in [-0.3, -0.25) is 9.89 Å². The minimum atomic E-state index is -0.00891. The van der Waals surface area contributed by atoms with E-state index in [4.69, 9.17) is 23.8 Å². The molecule has 0 spiro atoms. The van der Waals surface area contributed by atoms with Gasteiger partial charge in [0, 0.05) is 29.1 Å². The van der Waals surface area contributed by atoms with Gasteiger partial charge in [0.05, 0.1) is 6.54 Å². The van der Waals surface area contributed by atoms with Crippen molar-refractivity contribution in [2.45, 2.75) is 17.9 Å². The van der Waals surface area contributed by atoms with E-state index in [1.165, 1.54) is 0 Å². The van der Waals surface area contributed by atoms with E-state index in [0.717, 1.165) is 4.90 Å². The summed E-state index contributed by atoms with van der Waals surface area (Å²) in [6.07, 6.45) is 0.447. The lowest BCUT2D eigenvalue weighted by Gasteiger charge is -2.05. The third-order valence-electron chi connectivity index (χ3n) is 2.83. The normalized spacial score (nSPS) is 10.6. The summed E-state index contributed by atoms with van der Waals surface area (Å²) in [7, 11) is 1.81. The van der Waals surface area contributed by atoms with Crippen molar-refractivity contribution in [1.29, 1.82) is 0 Å². The first kappa shape index (κ1) is 16.1. The number of carbonyl (C=O) groups is 1. The molecule has 21 heavy (non-hydrogen) atoms. The fourth-order valence-corrected chi connectivity index (χ4v) is 2.72. The smallest absolute Gasteiger partial charge is 0.221 e. The van der Waals surface area contributed by atoms with Crippen molar-refractivity contribution in [2.75, 3.05) is 5.75 Å². The van der Waals surface area contributed by atoms with Gasteiger partial charge in [0.25, 0.3) is 0 Å². The molecule has 0 aliphatic heterocycles.